The molecular weight excluding hydrogens is 757 g/mol. The number of furan rings is 1. The smallest absolute Gasteiger partial charge is 0.208 e. The minimum Gasteiger partial charge on any atom is -0.504 e. The molecule has 0 bridgehead atoms. The molecule has 0 saturated heterocycles. The molecule has 1 heterocycles. The van der Waals surface area contributed by atoms with Gasteiger partial charge in [-0.25, -0.2) is 0 Å². The van der Waals surface area contributed by atoms with Crippen molar-refractivity contribution >= 4 is 49.6 Å². The van der Waals surface area contributed by atoms with E-state index in [0.717, 1.165) is 95.4 Å². The first-order valence-corrected chi connectivity index (χ1v) is 20.5. The number of rotatable bonds is 4. The van der Waals surface area contributed by atoms with Crippen molar-refractivity contribution in [2.24, 2.45) is 0 Å². The van der Waals surface area contributed by atoms with Gasteiger partial charge in [-0.2, -0.15) is 0 Å². The fourth-order valence-electron chi connectivity index (χ4n) is 10.2. The quantitative estimate of drug-likeness (QED) is 0.0896. The van der Waals surface area contributed by atoms with Crippen LogP contribution in [0.4, 0.5) is 0 Å². The fourth-order valence-corrected chi connectivity index (χ4v) is 10.2. The fraction of sp³-hybridized carbons (Fsp3) is 0.0545. The summed E-state index contributed by atoms with van der Waals surface area (Å²) >= 11 is 0. The van der Waals surface area contributed by atoms with Gasteiger partial charge in [0.15, 0.2) is 11.5 Å². The first kappa shape index (κ1) is 35.0. The summed E-state index contributed by atoms with van der Waals surface area (Å²) in [5.74, 6) is -4.24. The van der Waals surface area contributed by atoms with Crippen molar-refractivity contribution in [1.82, 2.24) is 0 Å². The number of hydrogen-bond donors (Lipinski definition) is 5. The molecule has 2 aliphatic rings. The molecule has 0 saturated carbocycles. The Labute approximate surface area is 349 Å². The highest BCUT2D eigenvalue weighted by molar-refractivity contribution is 6.18. The molecule has 10 aromatic rings. The summed E-state index contributed by atoms with van der Waals surface area (Å²) in [4.78, 5) is 0. The van der Waals surface area contributed by atoms with E-state index in [1.807, 2.05) is 42.5 Å². The average molecular weight is 793 g/mol. The maximum absolute atomic E-state index is 11.3. The van der Waals surface area contributed by atoms with Crippen molar-refractivity contribution in [2.75, 3.05) is 0 Å². The maximum Gasteiger partial charge on any atom is 0.208 e. The minimum atomic E-state index is -0.988. The third-order valence-corrected chi connectivity index (χ3v) is 12.9. The van der Waals surface area contributed by atoms with E-state index in [2.05, 4.69) is 109 Å². The average Bonchev–Trinajstić information content (AvgIpc) is 3.87. The number of phenolic OH excluding ortho intramolecular Hbond substituents is 5. The minimum absolute atomic E-state index is 0.153. The Morgan fingerprint density at radius 1 is 0.426 bits per heavy atom. The number of phenols is 5. The zero-order valence-corrected chi connectivity index (χ0v) is 32.7. The summed E-state index contributed by atoms with van der Waals surface area (Å²) < 4.78 is 6.52. The van der Waals surface area contributed by atoms with Crippen molar-refractivity contribution in [2.45, 2.75) is 19.3 Å². The molecule has 12 rings (SSSR count). The van der Waals surface area contributed by atoms with E-state index in [4.69, 9.17) is 4.42 Å². The Bertz CT molecular complexity index is 3540. The molecule has 0 unspecified atom stereocenters. The van der Waals surface area contributed by atoms with Crippen LogP contribution in [0.3, 0.4) is 0 Å². The van der Waals surface area contributed by atoms with Crippen LogP contribution in [0.2, 0.25) is 0 Å². The molecule has 0 fully saturated rings. The molecule has 9 aromatic carbocycles. The molecule has 6 nitrogen and oxygen atoms in total. The van der Waals surface area contributed by atoms with Crippen LogP contribution in [0.25, 0.3) is 105 Å². The topological polar surface area (TPSA) is 114 Å². The van der Waals surface area contributed by atoms with E-state index >= 15 is 0 Å². The predicted molar refractivity (Wildman–Crippen MR) is 244 cm³/mol. The van der Waals surface area contributed by atoms with Crippen molar-refractivity contribution in [3.8, 4) is 84.4 Å². The number of benzene rings is 9. The van der Waals surface area contributed by atoms with E-state index in [1.54, 1.807) is 0 Å². The highest BCUT2D eigenvalue weighted by atomic mass is 16.4. The van der Waals surface area contributed by atoms with Crippen LogP contribution in [-0.2, 0) is 12.8 Å². The van der Waals surface area contributed by atoms with E-state index in [-0.39, 0.29) is 5.56 Å². The lowest BCUT2D eigenvalue weighted by atomic mass is 9.78. The van der Waals surface area contributed by atoms with E-state index in [1.165, 1.54) is 22.3 Å². The third kappa shape index (κ3) is 5.02. The second kappa shape index (κ2) is 13.0. The Hall–Kier alpha value is -7.96. The van der Waals surface area contributed by atoms with Gasteiger partial charge < -0.3 is 29.9 Å². The van der Waals surface area contributed by atoms with Crippen molar-refractivity contribution in [3.63, 3.8) is 0 Å². The van der Waals surface area contributed by atoms with Crippen LogP contribution in [0.5, 0.6) is 28.7 Å². The Balaban J connectivity index is 1.16. The van der Waals surface area contributed by atoms with Gasteiger partial charge in [0.25, 0.3) is 0 Å². The molecule has 61 heavy (non-hydrogen) atoms. The Morgan fingerprint density at radius 2 is 1.08 bits per heavy atom. The lowest BCUT2D eigenvalue weighted by molar-refractivity contribution is 0.330. The van der Waals surface area contributed by atoms with Crippen LogP contribution in [-0.4, -0.2) is 25.5 Å². The van der Waals surface area contributed by atoms with Gasteiger partial charge in [-0.05, 0) is 126 Å². The summed E-state index contributed by atoms with van der Waals surface area (Å²) in [6.07, 6.45) is 6.33. The number of allylic oxidation sites excluding steroid dienone is 1. The third-order valence-electron chi connectivity index (χ3n) is 12.9. The predicted octanol–water partition coefficient (Wildman–Crippen LogP) is 13.6. The number of hydrogen-bond acceptors (Lipinski definition) is 6. The molecule has 0 spiro atoms. The van der Waals surface area contributed by atoms with Gasteiger partial charge in [-0.15, -0.1) is 0 Å². The highest BCUT2D eigenvalue weighted by Gasteiger charge is 2.31. The molecule has 6 heteroatoms. The van der Waals surface area contributed by atoms with E-state index < -0.39 is 28.7 Å². The first-order valence-electron chi connectivity index (χ1n) is 20.5. The Morgan fingerprint density at radius 3 is 1.90 bits per heavy atom. The van der Waals surface area contributed by atoms with Crippen LogP contribution < -0.4 is 0 Å². The lowest BCUT2D eigenvalue weighted by Crippen LogP contribution is -2.03. The van der Waals surface area contributed by atoms with E-state index in [9.17, 15) is 25.5 Å². The second-order valence-corrected chi connectivity index (χ2v) is 16.2. The standard InChI is InChI=1S/C55H36O6/c56-51-50(52(57)54(59)55(60)53(51)58)48-40-17-7-5-15-38(40)47(39-16-6-8-18-41(39)48)43-28-33(26-30-12-2-4-14-35(30)43)37-23-24-45-49(42-19-9-10-20-44(42)61-45)46(37)31-21-22-36-32(27-31)25-29-11-1-3-13-34(29)36/h1-5,7-15,17-24,26-28,56-60H,6,16,25H2. The first-order chi connectivity index (χ1) is 29.9. The van der Waals surface area contributed by atoms with Crippen molar-refractivity contribution in [3.05, 3.63) is 168 Å². The van der Waals surface area contributed by atoms with Gasteiger partial charge in [0.05, 0.1) is 5.56 Å². The summed E-state index contributed by atoms with van der Waals surface area (Å²) in [5, 5.41) is 60.2. The van der Waals surface area contributed by atoms with Gasteiger partial charge in [-0.1, -0.05) is 127 Å². The van der Waals surface area contributed by atoms with Gasteiger partial charge in [0.2, 0.25) is 17.2 Å². The summed E-state index contributed by atoms with van der Waals surface area (Å²) in [7, 11) is 0. The largest absolute Gasteiger partial charge is 0.504 e. The lowest BCUT2D eigenvalue weighted by Gasteiger charge is -2.26. The monoisotopic (exact) mass is 792 g/mol. The van der Waals surface area contributed by atoms with Gasteiger partial charge >= 0.3 is 0 Å². The number of aromatic hydroxyl groups is 5. The molecule has 2 aliphatic carbocycles. The van der Waals surface area contributed by atoms with Crippen molar-refractivity contribution < 1.29 is 29.9 Å². The van der Waals surface area contributed by atoms with Gasteiger partial charge in [0.1, 0.15) is 11.2 Å². The summed E-state index contributed by atoms with van der Waals surface area (Å²) in [6.45, 7) is 0. The normalized spacial score (nSPS) is 13.0. The number of para-hydroxylation sites is 1. The highest BCUT2D eigenvalue weighted by Crippen LogP contribution is 2.58. The molecule has 292 valence electrons. The van der Waals surface area contributed by atoms with Crippen LogP contribution in [0.1, 0.15) is 28.7 Å². The SMILES string of the molecule is Oc1c(O)c(O)c(-c2c3c(c(-c4cc(-c5ccc6oc7ccccc7c6c5-c5ccc6c(c5)Cc5ccccc5-6)cc5ccccc45)c4ccccc24)CCC=C3)c(O)c1O. The molecule has 0 atom stereocenters. The molecular formula is C55H36O6. The summed E-state index contributed by atoms with van der Waals surface area (Å²) in [5.41, 5.74) is 15.3. The molecule has 1 aromatic heterocycles. The zero-order chi connectivity index (χ0) is 41.1. The van der Waals surface area contributed by atoms with Crippen LogP contribution >= 0.6 is 0 Å². The van der Waals surface area contributed by atoms with Crippen LogP contribution in [0.15, 0.2) is 150 Å². The Kier molecular flexibility index (Phi) is 7.48. The molecule has 5 N–H and O–H groups in total. The van der Waals surface area contributed by atoms with E-state index in [0.29, 0.717) is 17.4 Å². The van der Waals surface area contributed by atoms with Gasteiger partial charge in [0, 0.05) is 21.9 Å². The van der Waals surface area contributed by atoms with Gasteiger partial charge in [-0.3, -0.25) is 0 Å². The second-order valence-electron chi connectivity index (χ2n) is 16.2. The molecule has 0 aliphatic heterocycles. The van der Waals surface area contributed by atoms with Crippen LogP contribution in [0, 0.1) is 0 Å². The zero-order valence-electron chi connectivity index (χ0n) is 32.7. The molecule has 0 amide bonds. The molecule has 0 radical (unpaired) electrons. The summed E-state index contributed by atoms with van der Waals surface area (Å²) in [6, 6.07) is 48.9. The number of fused-ring (bicyclic) bond motifs is 9. The maximum atomic E-state index is 11.3. The van der Waals surface area contributed by atoms with Crippen molar-refractivity contribution in [1.29, 1.82) is 0 Å².